The van der Waals surface area contributed by atoms with Gasteiger partial charge in [-0.1, -0.05) is 30.3 Å². The number of rotatable bonds is 4. The van der Waals surface area contributed by atoms with E-state index in [2.05, 4.69) is 27.9 Å². The van der Waals surface area contributed by atoms with Crippen LogP contribution in [-0.4, -0.2) is 15.8 Å². The van der Waals surface area contributed by atoms with E-state index in [4.69, 9.17) is 0 Å². The number of anilines is 2. The number of hydrogen-bond acceptors (Lipinski definition) is 2. The number of urea groups is 1. The zero-order valence-corrected chi connectivity index (χ0v) is 14.1. The maximum absolute atomic E-state index is 12.2. The SMILES string of the molecule is Cc1cc(NC(=O)Nc2ccc(C3CC3)cc2)nn1-c1ccccc1. The van der Waals surface area contributed by atoms with E-state index in [1.807, 2.05) is 55.5 Å². The second-order valence-electron chi connectivity index (χ2n) is 6.39. The van der Waals surface area contributed by atoms with Crippen molar-refractivity contribution in [3.8, 4) is 5.69 Å². The highest BCUT2D eigenvalue weighted by Gasteiger charge is 2.23. The van der Waals surface area contributed by atoms with E-state index in [1.54, 1.807) is 4.68 Å². The number of aromatic nitrogens is 2. The van der Waals surface area contributed by atoms with Crippen molar-refractivity contribution in [3.63, 3.8) is 0 Å². The van der Waals surface area contributed by atoms with Crippen LogP contribution >= 0.6 is 0 Å². The van der Waals surface area contributed by atoms with Crippen LogP contribution in [0.4, 0.5) is 16.3 Å². The topological polar surface area (TPSA) is 59.0 Å². The molecule has 1 heterocycles. The smallest absolute Gasteiger partial charge is 0.308 e. The van der Waals surface area contributed by atoms with Crippen LogP contribution < -0.4 is 10.6 Å². The van der Waals surface area contributed by atoms with Crippen molar-refractivity contribution in [2.24, 2.45) is 0 Å². The minimum absolute atomic E-state index is 0.295. The van der Waals surface area contributed by atoms with E-state index in [-0.39, 0.29) is 6.03 Å². The molecule has 0 saturated heterocycles. The fourth-order valence-electron chi connectivity index (χ4n) is 2.90. The summed E-state index contributed by atoms with van der Waals surface area (Å²) in [5.41, 5.74) is 4.05. The summed E-state index contributed by atoms with van der Waals surface area (Å²) in [5.74, 6) is 1.24. The van der Waals surface area contributed by atoms with Crippen LogP contribution in [0, 0.1) is 6.92 Å². The van der Waals surface area contributed by atoms with Crippen LogP contribution in [0.3, 0.4) is 0 Å². The summed E-state index contributed by atoms with van der Waals surface area (Å²) < 4.78 is 1.81. The Morgan fingerprint density at radius 3 is 2.44 bits per heavy atom. The Labute approximate surface area is 146 Å². The lowest BCUT2D eigenvalue weighted by Crippen LogP contribution is -2.19. The van der Waals surface area contributed by atoms with Gasteiger partial charge in [0.2, 0.25) is 0 Å². The molecule has 0 spiro atoms. The Balaban J connectivity index is 1.42. The van der Waals surface area contributed by atoms with Gasteiger partial charge in [-0.05, 0) is 55.5 Å². The van der Waals surface area contributed by atoms with Gasteiger partial charge in [-0.3, -0.25) is 5.32 Å². The Bertz CT molecular complexity index is 880. The average Bonchev–Trinajstić information content (AvgIpc) is 3.40. The Kier molecular flexibility index (Phi) is 3.98. The summed E-state index contributed by atoms with van der Waals surface area (Å²) in [6.07, 6.45) is 2.55. The van der Waals surface area contributed by atoms with Crippen molar-refractivity contribution in [2.75, 3.05) is 10.6 Å². The molecule has 0 atom stereocenters. The molecule has 4 rings (SSSR count). The van der Waals surface area contributed by atoms with Gasteiger partial charge in [0.1, 0.15) is 0 Å². The number of carbonyl (C=O) groups is 1. The van der Waals surface area contributed by atoms with Gasteiger partial charge in [0.05, 0.1) is 5.69 Å². The largest absolute Gasteiger partial charge is 0.324 e. The number of amides is 2. The fourth-order valence-corrected chi connectivity index (χ4v) is 2.90. The zero-order chi connectivity index (χ0) is 17.2. The van der Waals surface area contributed by atoms with Gasteiger partial charge in [-0.25, -0.2) is 9.48 Å². The van der Waals surface area contributed by atoms with E-state index in [0.717, 1.165) is 17.1 Å². The van der Waals surface area contributed by atoms with Crippen molar-refractivity contribution in [1.29, 1.82) is 0 Å². The van der Waals surface area contributed by atoms with E-state index in [9.17, 15) is 4.79 Å². The number of aryl methyl sites for hydroxylation is 1. The average molecular weight is 332 g/mol. The van der Waals surface area contributed by atoms with Gasteiger partial charge in [0, 0.05) is 17.4 Å². The summed E-state index contributed by atoms with van der Waals surface area (Å²) in [4.78, 5) is 12.2. The summed E-state index contributed by atoms with van der Waals surface area (Å²) in [6.45, 7) is 1.96. The summed E-state index contributed by atoms with van der Waals surface area (Å²) in [5, 5.41) is 10.1. The molecule has 1 saturated carbocycles. The van der Waals surface area contributed by atoms with Crippen molar-refractivity contribution in [3.05, 3.63) is 71.9 Å². The molecular weight excluding hydrogens is 312 g/mol. The van der Waals surface area contributed by atoms with E-state index in [1.165, 1.54) is 18.4 Å². The molecule has 2 aromatic carbocycles. The van der Waals surface area contributed by atoms with Crippen molar-refractivity contribution in [1.82, 2.24) is 9.78 Å². The predicted molar refractivity (Wildman–Crippen MR) is 99.4 cm³/mol. The maximum atomic E-state index is 12.2. The van der Waals surface area contributed by atoms with Crippen molar-refractivity contribution < 1.29 is 4.79 Å². The number of para-hydroxylation sites is 1. The molecule has 126 valence electrons. The summed E-state index contributed by atoms with van der Waals surface area (Å²) >= 11 is 0. The molecule has 0 aliphatic heterocycles. The maximum Gasteiger partial charge on any atom is 0.324 e. The monoisotopic (exact) mass is 332 g/mol. The standard InChI is InChI=1S/C20H20N4O/c1-14-13-19(23-24(14)18-5-3-2-4-6-18)22-20(25)21-17-11-9-16(10-12-17)15-7-8-15/h2-6,9-13,15H,7-8H2,1H3,(H2,21,22,23,25). The Hall–Kier alpha value is -3.08. The predicted octanol–water partition coefficient (Wildman–Crippen LogP) is 4.70. The fraction of sp³-hybridized carbons (Fsp3) is 0.200. The van der Waals surface area contributed by atoms with Crippen molar-refractivity contribution >= 4 is 17.5 Å². The van der Waals surface area contributed by atoms with Crippen molar-refractivity contribution in [2.45, 2.75) is 25.7 Å². The third-order valence-electron chi connectivity index (χ3n) is 4.35. The molecule has 1 aliphatic carbocycles. The Morgan fingerprint density at radius 2 is 1.76 bits per heavy atom. The molecule has 1 aliphatic rings. The molecule has 25 heavy (non-hydrogen) atoms. The molecule has 0 unspecified atom stereocenters. The first-order valence-corrected chi connectivity index (χ1v) is 8.49. The number of hydrogen-bond donors (Lipinski definition) is 2. The van der Waals surface area contributed by atoms with Crippen LogP contribution in [0.1, 0.15) is 30.0 Å². The first-order chi connectivity index (χ1) is 12.2. The molecule has 1 aromatic heterocycles. The van der Waals surface area contributed by atoms with Gasteiger partial charge >= 0.3 is 6.03 Å². The third kappa shape index (κ3) is 3.55. The Morgan fingerprint density at radius 1 is 1.04 bits per heavy atom. The number of carbonyl (C=O) groups excluding carboxylic acids is 1. The number of benzene rings is 2. The van der Waals surface area contributed by atoms with Crippen LogP contribution in [0.15, 0.2) is 60.7 Å². The highest BCUT2D eigenvalue weighted by atomic mass is 16.2. The minimum atomic E-state index is -0.295. The lowest BCUT2D eigenvalue weighted by atomic mass is 10.1. The first-order valence-electron chi connectivity index (χ1n) is 8.49. The second-order valence-corrected chi connectivity index (χ2v) is 6.39. The first kappa shape index (κ1) is 15.4. The van der Waals surface area contributed by atoms with Gasteiger partial charge in [-0.15, -0.1) is 5.10 Å². The van der Waals surface area contributed by atoms with Gasteiger partial charge in [0.15, 0.2) is 5.82 Å². The molecule has 1 fully saturated rings. The molecule has 3 aromatic rings. The van der Waals surface area contributed by atoms with Crippen LogP contribution in [0.5, 0.6) is 0 Å². The normalized spacial score (nSPS) is 13.5. The summed E-state index contributed by atoms with van der Waals surface area (Å²) in [6, 6.07) is 19.5. The van der Waals surface area contributed by atoms with Gasteiger partial charge < -0.3 is 5.32 Å². The molecule has 0 radical (unpaired) electrons. The quantitative estimate of drug-likeness (QED) is 0.727. The lowest BCUT2D eigenvalue weighted by Gasteiger charge is -2.07. The third-order valence-corrected chi connectivity index (χ3v) is 4.35. The molecule has 5 heteroatoms. The lowest BCUT2D eigenvalue weighted by molar-refractivity contribution is 0.262. The minimum Gasteiger partial charge on any atom is -0.308 e. The van der Waals surface area contributed by atoms with Gasteiger partial charge in [0.25, 0.3) is 0 Å². The van der Waals surface area contributed by atoms with Crippen LogP contribution in [-0.2, 0) is 0 Å². The van der Waals surface area contributed by atoms with Crippen LogP contribution in [0.2, 0.25) is 0 Å². The van der Waals surface area contributed by atoms with E-state index < -0.39 is 0 Å². The zero-order valence-electron chi connectivity index (χ0n) is 14.1. The molecule has 2 N–H and O–H groups in total. The van der Waals surface area contributed by atoms with E-state index >= 15 is 0 Å². The van der Waals surface area contributed by atoms with Crippen LogP contribution in [0.25, 0.3) is 5.69 Å². The number of nitrogens with one attached hydrogen (secondary N) is 2. The molecule has 0 bridgehead atoms. The molecule has 5 nitrogen and oxygen atoms in total. The second kappa shape index (κ2) is 6.43. The highest BCUT2D eigenvalue weighted by Crippen LogP contribution is 2.40. The molecule has 2 amide bonds. The number of nitrogens with zero attached hydrogens (tertiary/aromatic N) is 2. The molecular formula is C20H20N4O. The summed E-state index contributed by atoms with van der Waals surface area (Å²) in [7, 11) is 0. The highest BCUT2D eigenvalue weighted by molar-refractivity contribution is 5.99. The van der Waals surface area contributed by atoms with Gasteiger partial charge in [-0.2, -0.15) is 0 Å². The van der Waals surface area contributed by atoms with E-state index in [0.29, 0.717) is 11.7 Å².